The van der Waals surface area contributed by atoms with Crippen molar-refractivity contribution in [2.24, 2.45) is 0 Å². The third kappa shape index (κ3) is 4.80. The number of aromatic nitrogens is 2. The van der Waals surface area contributed by atoms with Crippen LogP contribution in [0.25, 0.3) is 22.7 Å². The second-order valence-corrected chi connectivity index (χ2v) is 8.76. The number of allylic oxidation sites excluding steroid dienone is 1. The van der Waals surface area contributed by atoms with Crippen molar-refractivity contribution in [1.29, 1.82) is 5.26 Å². The fraction of sp³-hybridized carbons (Fsp3) is 0.136. The van der Waals surface area contributed by atoms with Crippen LogP contribution in [0.5, 0.6) is 0 Å². The smallest absolute Gasteiger partial charge is 0.271 e. The first-order valence-corrected chi connectivity index (χ1v) is 11.3. The van der Waals surface area contributed by atoms with Crippen LogP contribution in [0.15, 0.2) is 57.5 Å². The molecule has 2 heterocycles. The Balaban J connectivity index is 1.46. The molecular weight excluding hydrogens is 446 g/mol. The molecule has 32 heavy (non-hydrogen) atoms. The first-order chi connectivity index (χ1) is 15.4. The van der Waals surface area contributed by atoms with E-state index in [1.807, 2.05) is 54.7 Å². The lowest BCUT2D eigenvalue weighted by atomic mass is 10.1. The van der Waals surface area contributed by atoms with E-state index >= 15 is 0 Å². The Morgan fingerprint density at radius 1 is 1.28 bits per heavy atom. The van der Waals surface area contributed by atoms with E-state index in [4.69, 9.17) is 4.42 Å². The van der Waals surface area contributed by atoms with Crippen molar-refractivity contribution in [1.82, 2.24) is 9.97 Å². The molecule has 0 unspecified atom stereocenters. The summed E-state index contributed by atoms with van der Waals surface area (Å²) in [5.74, 6) is 0.502. The minimum atomic E-state index is -0.464. The lowest BCUT2D eigenvalue weighted by Crippen LogP contribution is -2.07. The molecule has 0 aliphatic rings. The maximum Gasteiger partial charge on any atom is 0.271 e. The zero-order chi connectivity index (χ0) is 22.7. The molecule has 0 radical (unpaired) electrons. The highest BCUT2D eigenvalue weighted by Gasteiger charge is 2.13. The Hall–Kier alpha value is -3.68. The lowest BCUT2D eigenvalue weighted by molar-refractivity contribution is -0.384. The maximum absolute atomic E-state index is 10.9. The number of nitriles is 1. The summed E-state index contributed by atoms with van der Waals surface area (Å²) in [6.45, 7) is 0. The number of hydrogen-bond donors (Lipinski definition) is 0. The zero-order valence-corrected chi connectivity index (χ0v) is 18.8. The summed E-state index contributed by atoms with van der Waals surface area (Å²) in [4.78, 5) is 21.3. The lowest BCUT2D eigenvalue weighted by Gasteiger charge is -2.11. The van der Waals surface area contributed by atoms with Gasteiger partial charge in [-0.2, -0.15) is 5.26 Å². The molecular formula is C22H17N5O3S2. The van der Waals surface area contributed by atoms with Gasteiger partial charge in [-0.05, 0) is 29.8 Å². The van der Waals surface area contributed by atoms with Crippen molar-refractivity contribution in [3.63, 3.8) is 0 Å². The number of nitro groups is 1. The number of hydrogen-bond acceptors (Lipinski definition) is 9. The number of thiazole rings is 1. The van der Waals surface area contributed by atoms with E-state index in [0.717, 1.165) is 16.9 Å². The molecule has 0 amide bonds. The number of fused-ring (bicyclic) bond motifs is 1. The predicted molar refractivity (Wildman–Crippen MR) is 127 cm³/mol. The molecule has 10 heteroatoms. The molecule has 0 saturated carbocycles. The van der Waals surface area contributed by atoms with Gasteiger partial charge < -0.3 is 9.32 Å². The van der Waals surface area contributed by atoms with Gasteiger partial charge in [0.05, 0.1) is 16.2 Å². The molecule has 0 aliphatic heterocycles. The van der Waals surface area contributed by atoms with Crippen LogP contribution < -0.4 is 4.90 Å². The van der Waals surface area contributed by atoms with Crippen LogP contribution in [0.4, 0.5) is 11.4 Å². The predicted octanol–water partition coefficient (Wildman–Crippen LogP) is 5.61. The standard InChI is InChI=1S/C22H17N5O3S2/c1-26(2)17-5-3-14(4-6-17)9-15(11-23)21-24-16(12-31-21)13-32-22-25-19-10-18(27(28)29)7-8-20(19)30-22/h3-10,12H,13H2,1-2H3/b15-9+. The number of oxazole rings is 1. The van der Waals surface area contributed by atoms with E-state index in [1.165, 1.54) is 35.2 Å². The molecule has 4 aromatic rings. The van der Waals surface area contributed by atoms with Crippen molar-refractivity contribution in [2.45, 2.75) is 11.0 Å². The Labute approximate surface area is 192 Å². The first kappa shape index (κ1) is 21.5. The summed E-state index contributed by atoms with van der Waals surface area (Å²) in [5.41, 5.74) is 4.22. The van der Waals surface area contributed by atoms with Gasteiger partial charge in [0.1, 0.15) is 16.6 Å². The number of non-ortho nitro benzene ring substituents is 1. The molecule has 0 spiro atoms. The van der Waals surface area contributed by atoms with E-state index < -0.39 is 4.92 Å². The molecule has 160 valence electrons. The topological polar surface area (TPSA) is 109 Å². The maximum atomic E-state index is 10.9. The second-order valence-electron chi connectivity index (χ2n) is 6.98. The first-order valence-electron chi connectivity index (χ1n) is 9.44. The molecule has 0 fully saturated rings. The Kier molecular flexibility index (Phi) is 6.20. The monoisotopic (exact) mass is 463 g/mol. The SMILES string of the molecule is CN(C)c1ccc(/C=C(\C#N)c2nc(CSc3nc4cc([N+](=O)[O-])ccc4o3)cs2)cc1. The molecule has 2 aromatic carbocycles. The summed E-state index contributed by atoms with van der Waals surface area (Å²) in [5, 5.41) is 23.5. The van der Waals surface area contributed by atoms with Crippen LogP contribution >= 0.6 is 23.1 Å². The fourth-order valence-electron chi connectivity index (χ4n) is 2.88. The van der Waals surface area contributed by atoms with Gasteiger partial charge in [-0.15, -0.1) is 11.3 Å². The van der Waals surface area contributed by atoms with Crippen molar-refractivity contribution < 1.29 is 9.34 Å². The van der Waals surface area contributed by atoms with Gasteiger partial charge in [0.25, 0.3) is 10.9 Å². The Morgan fingerprint density at radius 2 is 2.06 bits per heavy atom. The van der Waals surface area contributed by atoms with Crippen LogP contribution in [-0.4, -0.2) is 29.0 Å². The highest BCUT2D eigenvalue weighted by atomic mass is 32.2. The summed E-state index contributed by atoms with van der Waals surface area (Å²) in [6, 6.07) is 14.5. The molecule has 0 aliphatic carbocycles. The summed E-state index contributed by atoms with van der Waals surface area (Å²) >= 11 is 2.75. The van der Waals surface area contributed by atoms with Gasteiger partial charge in [-0.3, -0.25) is 10.1 Å². The van der Waals surface area contributed by atoms with Crippen LogP contribution in [0.1, 0.15) is 16.3 Å². The van der Waals surface area contributed by atoms with E-state index in [2.05, 4.69) is 16.0 Å². The van der Waals surface area contributed by atoms with Gasteiger partial charge in [0.15, 0.2) is 5.58 Å². The summed E-state index contributed by atoms with van der Waals surface area (Å²) in [6.07, 6.45) is 1.82. The molecule has 0 bridgehead atoms. The normalized spacial score (nSPS) is 11.5. The van der Waals surface area contributed by atoms with E-state index in [1.54, 1.807) is 6.07 Å². The van der Waals surface area contributed by atoms with Crippen LogP contribution in [0.3, 0.4) is 0 Å². The van der Waals surface area contributed by atoms with E-state index in [0.29, 0.717) is 32.7 Å². The van der Waals surface area contributed by atoms with Crippen molar-refractivity contribution in [2.75, 3.05) is 19.0 Å². The molecule has 8 nitrogen and oxygen atoms in total. The molecule has 0 atom stereocenters. The van der Waals surface area contributed by atoms with E-state index in [-0.39, 0.29) is 5.69 Å². The Bertz CT molecular complexity index is 1350. The van der Waals surface area contributed by atoms with Crippen LogP contribution in [-0.2, 0) is 5.75 Å². The highest BCUT2D eigenvalue weighted by Crippen LogP contribution is 2.30. The quantitative estimate of drug-likeness (QED) is 0.150. The van der Waals surface area contributed by atoms with Gasteiger partial charge in [0, 0.05) is 43.0 Å². The van der Waals surface area contributed by atoms with Crippen molar-refractivity contribution in [3.8, 4) is 6.07 Å². The zero-order valence-electron chi connectivity index (χ0n) is 17.2. The average molecular weight is 464 g/mol. The number of thioether (sulfide) groups is 1. The fourth-order valence-corrected chi connectivity index (χ4v) is 4.50. The molecule has 0 saturated heterocycles. The van der Waals surface area contributed by atoms with Gasteiger partial charge in [-0.25, -0.2) is 9.97 Å². The number of rotatable bonds is 7. The third-order valence-corrected chi connectivity index (χ3v) is 6.32. The molecule has 2 aromatic heterocycles. The van der Waals surface area contributed by atoms with Gasteiger partial charge >= 0.3 is 0 Å². The number of anilines is 1. The molecule has 0 N–H and O–H groups in total. The molecule has 4 rings (SSSR count). The van der Waals surface area contributed by atoms with Gasteiger partial charge in [0.2, 0.25) is 0 Å². The van der Waals surface area contributed by atoms with Crippen molar-refractivity contribution >= 4 is 57.2 Å². The number of benzene rings is 2. The van der Waals surface area contributed by atoms with E-state index in [9.17, 15) is 15.4 Å². The van der Waals surface area contributed by atoms with Crippen molar-refractivity contribution in [3.05, 3.63) is 74.2 Å². The minimum absolute atomic E-state index is 0.0290. The van der Waals surface area contributed by atoms with Crippen LogP contribution in [0, 0.1) is 21.4 Å². The third-order valence-electron chi connectivity index (χ3n) is 4.53. The number of nitro benzene ring substituents is 1. The Morgan fingerprint density at radius 3 is 2.75 bits per heavy atom. The summed E-state index contributed by atoms with van der Waals surface area (Å²) in [7, 11) is 3.96. The number of nitrogens with zero attached hydrogens (tertiary/aromatic N) is 5. The van der Waals surface area contributed by atoms with Gasteiger partial charge in [-0.1, -0.05) is 23.9 Å². The van der Waals surface area contributed by atoms with Crippen LogP contribution in [0.2, 0.25) is 0 Å². The average Bonchev–Trinajstić information content (AvgIpc) is 3.42. The summed E-state index contributed by atoms with van der Waals surface area (Å²) < 4.78 is 5.64. The minimum Gasteiger partial charge on any atom is -0.431 e. The second kappa shape index (κ2) is 9.21. The largest absolute Gasteiger partial charge is 0.431 e. The highest BCUT2D eigenvalue weighted by molar-refractivity contribution is 7.98.